The van der Waals surface area contributed by atoms with Crippen LogP contribution < -0.4 is 5.63 Å². The molecule has 0 amide bonds. The van der Waals surface area contributed by atoms with Gasteiger partial charge in [0.2, 0.25) is 0 Å². The summed E-state index contributed by atoms with van der Waals surface area (Å²) in [6.07, 6.45) is 1.28. The van der Waals surface area contributed by atoms with Crippen LogP contribution in [0.2, 0.25) is 5.02 Å². The van der Waals surface area contributed by atoms with Crippen LogP contribution in [0.15, 0.2) is 62.7 Å². The first-order valence-corrected chi connectivity index (χ1v) is 6.57. The lowest BCUT2D eigenvalue weighted by Gasteiger charge is -2.02. The fourth-order valence-electron chi connectivity index (χ4n) is 1.96. The van der Waals surface area contributed by atoms with Crippen molar-refractivity contribution in [1.82, 2.24) is 0 Å². The number of halogens is 1. The van der Waals surface area contributed by atoms with Crippen LogP contribution in [0.25, 0.3) is 11.0 Å². The average molecular weight is 300 g/mol. The highest BCUT2D eigenvalue weighted by Gasteiger charge is 2.11. The molecule has 4 nitrogen and oxygen atoms in total. The largest absolute Gasteiger partial charge is 0.506 e. The molecule has 104 valence electrons. The Bertz CT molecular complexity index is 899. The van der Waals surface area contributed by atoms with Crippen molar-refractivity contribution < 1.29 is 9.52 Å². The molecule has 0 spiro atoms. The molecule has 0 fully saturated rings. The number of hydrogen-bond donors (Lipinski definition) is 1. The van der Waals surface area contributed by atoms with Crippen LogP contribution >= 0.6 is 11.6 Å². The molecule has 0 aliphatic rings. The van der Waals surface area contributed by atoms with Crippen molar-refractivity contribution in [3.8, 4) is 5.75 Å². The van der Waals surface area contributed by atoms with Crippen LogP contribution in [0.1, 0.15) is 5.56 Å². The highest BCUT2D eigenvalue weighted by atomic mass is 35.5. The lowest BCUT2D eigenvalue weighted by molar-refractivity contribution is 0.466. The van der Waals surface area contributed by atoms with E-state index >= 15 is 0 Å². The molecule has 0 aliphatic heterocycles. The summed E-state index contributed by atoms with van der Waals surface area (Å²) < 4.78 is 5.15. The van der Waals surface area contributed by atoms with E-state index in [4.69, 9.17) is 16.0 Å². The zero-order valence-electron chi connectivity index (χ0n) is 10.8. The zero-order valence-corrected chi connectivity index (χ0v) is 11.5. The van der Waals surface area contributed by atoms with Crippen LogP contribution in [0.4, 0.5) is 5.69 Å². The highest BCUT2D eigenvalue weighted by molar-refractivity contribution is 6.30. The maximum atomic E-state index is 11.9. The van der Waals surface area contributed by atoms with E-state index in [0.717, 1.165) is 0 Å². The van der Waals surface area contributed by atoms with E-state index in [1.54, 1.807) is 48.5 Å². The summed E-state index contributed by atoms with van der Waals surface area (Å²) in [4.78, 5) is 16.0. The summed E-state index contributed by atoms with van der Waals surface area (Å²) in [5.41, 5.74) is 0.278. The lowest BCUT2D eigenvalue weighted by atomic mass is 10.1. The first-order chi connectivity index (χ1) is 10.1. The van der Waals surface area contributed by atoms with Gasteiger partial charge in [-0.15, -0.1) is 0 Å². The molecule has 5 heteroatoms. The van der Waals surface area contributed by atoms with E-state index in [1.165, 1.54) is 6.21 Å². The minimum absolute atomic E-state index is 0.00803. The predicted octanol–water partition coefficient (Wildman–Crippen LogP) is 3.90. The molecule has 0 atom stereocenters. The molecule has 2 aromatic carbocycles. The number of benzene rings is 2. The van der Waals surface area contributed by atoms with Crippen molar-refractivity contribution in [2.45, 2.75) is 0 Å². The van der Waals surface area contributed by atoms with Crippen molar-refractivity contribution in [3.05, 3.63) is 69.5 Å². The molecule has 0 saturated heterocycles. The van der Waals surface area contributed by atoms with E-state index in [2.05, 4.69) is 4.99 Å². The Hall–Kier alpha value is -2.59. The zero-order chi connectivity index (χ0) is 14.8. The van der Waals surface area contributed by atoms with Crippen LogP contribution in [0.5, 0.6) is 5.75 Å². The second-order valence-electron chi connectivity index (χ2n) is 4.39. The van der Waals surface area contributed by atoms with Crippen molar-refractivity contribution in [2.75, 3.05) is 0 Å². The second kappa shape index (κ2) is 5.42. The monoisotopic (exact) mass is 299 g/mol. The molecule has 0 aliphatic carbocycles. The number of nitrogens with zero attached hydrogens (tertiary/aromatic N) is 1. The topological polar surface area (TPSA) is 62.8 Å². The first-order valence-electron chi connectivity index (χ1n) is 6.19. The van der Waals surface area contributed by atoms with Crippen LogP contribution in [0.3, 0.4) is 0 Å². The number of fused-ring (bicyclic) bond motifs is 1. The molecular formula is C16H10ClNO3. The van der Waals surface area contributed by atoms with Gasteiger partial charge >= 0.3 is 5.63 Å². The van der Waals surface area contributed by atoms with Gasteiger partial charge < -0.3 is 9.52 Å². The Labute approximate surface area is 124 Å². The van der Waals surface area contributed by atoms with Gasteiger partial charge in [-0.2, -0.15) is 0 Å². The van der Waals surface area contributed by atoms with Crippen LogP contribution in [-0.4, -0.2) is 11.3 Å². The molecule has 1 N–H and O–H groups in total. The normalized spacial score (nSPS) is 11.3. The van der Waals surface area contributed by atoms with Crippen molar-refractivity contribution in [1.29, 1.82) is 0 Å². The molecule has 0 saturated carbocycles. The Morgan fingerprint density at radius 2 is 1.95 bits per heavy atom. The number of aliphatic imine (C=N–C) groups is 1. The van der Waals surface area contributed by atoms with Crippen molar-refractivity contribution in [3.63, 3.8) is 0 Å². The minimum Gasteiger partial charge on any atom is -0.506 e. The van der Waals surface area contributed by atoms with Crippen LogP contribution in [0, 0.1) is 0 Å². The fourth-order valence-corrected chi connectivity index (χ4v) is 2.14. The minimum atomic E-state index is -0.642. The third-order valence-electron chi connectivity index (χ3n) is 2.97. The fraction of sp³-hybridized carbons (Fsp3) is 0. The van der Waals surface area contributed by atoms with Crippen molar-refractivity contribution in [2.24, 2.45) is 4.99 Å². The van der Waals surface area contributed by atoms with Gasteiger partial charge in [-0.25, -0.2) is 4.79 Å². The van der Waals surface area contributed by atoms with E-state index in [-0.39, 0.29) is 11.3 Å². The summed E-state index contributed by atoms with van der Waals surface area (Å²) in [5, 5.41) is 11.2. The van der Waals surface area contributed by atoms with E-state index in [9.17, 15) is 9.90 Å². The molecule has 3 aromatic rings. The van der Waals surface area contributed by atoms with Crippen LogP contribution in [-0.2, 0) is 0 Å². The summed E-state index contributed by atoms with van der Waals surface area (Å²) in [5.74, 6) is -0.146. The average Bonchev–Trinajstić information content (AvgIpc) is 2.47. The van der Waals surface area contributed by atoms with Crippen molar-refractivity contribution >= 4 is 34.5 Å². The Morgan fingerprint density at radius 3 is 2.76 bits per heavy atom. The lowest BCUT2D eigenvalue weighted by Crippen LogP contribution is -2.06. The number of rotatable bonds is 2. The summed E-state index contributed by atoms with van der Waals surface area (Å²) in [7, 11) is 0. The summed E-state index contributed by atoms with van der Waals surface area (Å²) in [6, 6.07) is 13.6. The molecule has 0 radical (unpaired) electrons. The number of hydrogen-bond acceptors (Lipinski definition) is 4. The van der Waals surface area contributed by atoms with Gasteiger partial charge in [0, 0.05) is 11.2 Å². The van der Waals surface area contributed by atoms with Gasteiger partial charge in [-0.3, -0.25) is 4.99 Å². The van der Waals surface area contributed by atoms with Gasteiger partial charge in [-0.05, 0) is 30.3 Å². The predicted molar refractivity (Wildman–Crippen MR) is 82.9 cm³/mol. The number of para-hydroxylation sites is 1. The SMILES string of the molecule is O=c1oc2ccccc2c(O)c1C=Nc1cccc(Cl)c1. The van der Waals surface area contributed by atoms with E-state index in [1.807, 2.05) is 0 Å². The Morgan fingerprint density at radius 1 is 1.14 bits per heavy atom. The van der Waals surface area contributed by atoms with Gasteiger partial charge in [0.05, 0.1) is 11.1 Å². The maximum Gasteiger partial charge on any atom is 0.348 e. The molecule has 3 rings (SSSR count). The van der Waals surface area contributed by atoms with E-state index in [0.29, 0.717) is 21.7 Å². The quantitative estimate of drug-likeness (QED) is 0.576. The summed E-state index contributed by atoms with van der Waals surface area (Å²) >= 11 is 5.86. The molecule has 1 aromatic heterocycles. The highest BCUT2D eigenvalue weighted by Crippen LogP contribution is 2.25. The van der Waals surface area contributed by atoms with E-state index < -0.39 is 5.63 Å². The number of aromatic hydroxyl groups is 1. The maximum absolute atomic E-state index is 11.9. The van der Waals surface area contributed by atoms with Gasteiger partial charge in [0.25, 0.3) is 0 Å². The molecule has 0 unspecified atom stereocenters. The molecule has 0 bridgehead atoms. The van der Waals surface area contributed by atoms with Gasteiger partial charge in [-0.1, -0.05) is 29.8 Å². The molecular weight excluding hydrogens is 290 g/mol. The van der Waals surface area contributed by atoms with Gasteiger partial charge in [0.1, 0.15) is 16.9 Å². The molecule has 21 heavy (non-hydrogen) atoms. The first kappa shape index (κ1) is 13.4. The Balaban J connectivity index is 2.10. The molecule has 1 heterocycles. The smallest absolute Gasteiger partial charge is 0.348 e. The third kappa shape index (κ3) is 2.66. The third-order valence-corrected chi connectivity index (χ3v) is 3.21. The Kier molecular flexibility index (Phi) is 3.46. The summed E-state index contributed by atoms with van der Waals surface area (Å²) in [6.45, 7) is 0. The van der Waals surface area contributed by atoms with Gasteiger partial charge in [0.15, 0.2) is 0 Å². The standard InChI is InChI=1S/C16H10ClNO3/c17-10-4-3-5-11(8-10)18-9-13-15(19)12-6-1-2-7-14(12)21-16(13)20/h1-9,19H. The second-order valence-corrected chi connectivity index (χ2v) is 4.82.